The van der Waals surface area contributed by atoms with Crippen molar-refractivity contribution in [3.63, 3.8) is 0 Å². The predicted molar refractivity (Wildman–Crippen MR) is 121 cm³/mol. The number of carbonyl (C=O) groups excluding carboxylic acids is 1. The molecule has 4 bridgehead atoms. The molecule has 0 saturated heterocycles. The van der Waals surface area contributed by atoms with Crippen molar-refractivity contribution >= 4 is 21.6 Å². The van der Waals surface area contributed by atoms with Gasteiger partial charge in [0.1, 0.15) is 10.8 Å². The second kappa shape index (κ2) is 7.80. The van der Waals surface area contributed by atoms with Crippen molar-refractivity contribution in [2.75, 3.05) is 7.05 Å². The van der Waals surface area contributed by atoms with Crippen molar-refractivity contribution in [2.24, 2.45) is 17.8 Å². The Morgan fingerprint density at radius 2 is 1.66 bits per heavy atom. The minimum absolute atomic E-state index is 0.113. The first-order chi connectivity index (χ1) is 14.9. The van der Waals surface area contributed by atoms with Crippen LogP contribution in [0.3, 0.4) is 0 Å². The summed E-state index contributed by atoms with van der Waals surface area (Å²) >= 11 is 0. The van der Waals surface area contributed by atoms with E-state index in [4.69, 9.17) is 0 Å². The van der Waals surface area contributed by atoms with Crippen molar-refractivity contribution in [3.8, 4) is 0 Å². The lowest BCUT2D eigenvalue weighted by molar-refractivity contribution is -0.385. The summed E-state index contributed by atoms with van der Waals surface area (Å²) in [6.07, 6.45) is 6.68. The van der Waals surface area contributed by atoms with Gasteiger partial charge in [-0.25, -0.2) is 8.42 Å². The number of nitrogens with one attached hydrogen (secondary N) is 1. The number of likely N-dealkylation sites (N-methyl/N-ethyl adjacent to an activating group) is 1. The lowest BCUT2D eigenvalue weighted by Crippen LogP contribution is -2.65. The van der Waals surface area contributed by atoms with Crippen LogP contribution < -0.4 is 5.32 Å². The van der Waals surface area contributed by atoms with Gasteiger partial charge in [-0.1, -0.05) is 18.2 Å². The quantitative estimate of drug-likeness (QED) is 0.489. The van der Waals surface area contributed by atoms with Crippen LogP contribution in [0.25, 0.3) is 0 Å². The largest absolute Gasteiger partial charge is 0.349 e. The molecule has 1 atom stereocenters. The number of hydrogen-bond donors (Lipinski definition) is 1. The van der Waals surface area contributed by atoms with Crippen molar-refractivity contribution < 1.29 is 18.1 Å². The lowest BCUT2D eigenvalue weighted by Gasteiger charge is -2.57. The highest BCUT2D eigenvalue weighted by atomic mass is 32.2. The number of benzene rings is 1. The number of nitro groups is 1. The summed E-state index contributed by atoms with van der Waals surface area (Å²) in [6.45, 7) is 4.64. The fourth-order valence-electron chi connectivity index (χ4n) is 6.51. The van der Waals surface area contributed by atoms with Gasteiger partial charge in [0.25, 0.3) is 5.69 Å². The van der Waals surface area contributed by atoms with Crippen molar-refractivity contribution in [3.05, 3.63) is 39.9 Å². The van der Waals surface area contributed by atoms with Crippen LogP contribution in [0, 0.1) is 27.9 Å². The molecule has 5 rings (SSSR count). The first-order valence-corrected chi connectivity index (χ1v) is 12.9. The molecule has 4 aliphatic carbocycles. The predicted octanol–water partition coefficient (Wildman–Crippen LogP) is 3.78. The molecule has 4 saturated carbocycles. The summed E-state index contributed by atoms with van der Waals surface area (Å²) in [5.74, 6) is 1.67. The van der Waals surface area contributed by atoms with E-state index in [0.29, 0.717) is 17.8 Å². The Bertz CT molecular complexity index is 1000. The normalized spacial score (nSPS) is 30.3. The van der Waals surface area contributed by atoms with Crippen LogP contribution in [0.4, 0.5) is 5.69 Å². The Hall–Kier alpha value is -2.00. The van der Waals surface area contributed by atoms with E-state index in [9.17, 15) is 23.3 Å². The lowest BCUT2D eigenvalue weighted by atomic mass is 9.53. The van der Waals surface area contributed by atoms with Crippen LogP contribution in [0.15, 0.2) is 24.3 Å². The molecule has 0 aromatic heterocycles. The molecule has 9 heteroatoms. The van der Waals surface area contributed by atoms with Crippen LogP contribution >= 0.6 is 0 Å². The molecule has 1 aromatic rings. The van der Waals surface area contributed by atoms with Crippen molar-refractivity contribution in [1.29, 1.82) is 0 Å². The summed E-state index contributed by atoms with van der Waals surface area (Å²) in [7, 11) is -2.66. The number of hydrogen-bond acceptors (Lipinski definition) is 5. The molecule has 0 spiro atoms. The standard InChI is InChI=1S/C23H33N3O5S/c1-15(19-7-5-6-8-20(19)26(28)29)32(30,31)25(4)22(2,3)21(27)24-23-12-16-9-17(13-23)11-18(10-16)14-23/h5-8,15-18H,9-14H2,1-4H3,(H,24,27). The molecular formula is C23H33N3O5S. The molecular weight excluding hydrogens is 430 g/mol. The molecule has 0 aliphatic heterocycles. The van der Waals surface area contributed by atoms with Crippen molar-refractivity contribution in [1.82, 2.24) is 9.62 Å². The number of nitro benzene ring substituents is 1. The number of para-hydroxylation sites is 1. The molecule has 0 heterocycles. The minimum Gasteiger partial charge on any atom is -0.349 e. The fourth-order valence-corrected chi connectivity index (χ4v) is 8.23. The maximum Gasteiger partial charge on any atom is 0.273 e. The molecule has 32 heavy (non-hydrogen) atoms. The average molecular weight is 464 g/mol. The van der Waals surface area contributed by atoms with E-state index in [1.165, 1.54) is 51.4 Å². The SMILES string of the molecule is CC(c1ccccc1[N+](=O)[O-])S(=O)(=O)N(C)C(C)(C)C(=O)NC12CC3CC(CC(C3)C1)C2. The number of amides is 1. The minimum atomic E-state index is -4.05. The smallest absolute Gasteiger partial charge is 0.273 e. The maximum atomic E-state index is 13.4. The zero-order valence-corrected chi connectivity index (χ0v) is 20.0. The Balaban J connectivity index is 1.55. The van der Waals surface area contributed by atoms with Crippen LogP contribution in [0.2, 0.25) is 0 Å². The first kappa shape index (κ1) is 23.2. The van der Waals surface area contributed by atoms with E-state index < -0.39 is 25.7 Å². The fraction of sp³-hybridized carbons (Fsp3) is 0.696. The van der Waals surface area contributed by atoms with E-state index in [-0.39, 0.29) is 22.7 Å². The molecule has 0 radical (unpaired) electrons. The number of sulfonamides is 1. The molecule has 1 unspecified atom stereocenters. The molecule has 4 aliphatic rings. The first-order valence-electron chi connectivity index (χ1n) is 11.4. The van der Waals surface area contributed by atoms with Gasteiger partial charge in [0.15, 0.2) is 0 Å². The van der Waals surface area contributed by atoms with E-state index in [0.717, 1.165) is 23.6 Å². The monoisotopic (exact) mass is 463 g/mol. The van der Waals surface area contributed by atoms with E-state index >= 15 is 0 Å². The molecule has 4 fully saturated rings. The highest BCUT2D eigenvalue weighted by Crippen LogP contribution is 2.55. The zero-order valence-electron chi connectivity index (χ0n) is 19.2. The third kappa shape index (κ3) is 3.83. The number of nitrogens with zero attached hydrogens (tertiary/aromatic N) is 2. The Kier molecular flexibility index (Phi) is 5.65. The molecule has 8 nitrogen and oxygen atoms in total. The van der Waals surface area contributed by atoms with Gasteiger partial charge in [-0.3, -0.25) is 14.9 Å². The number of carbonyl (C=O) groups is 1. The Labute approximate surface area is 190 Å². The van der Waals surface area contributed by atoms with Gasteiger partial charge in [-0.2, -0.15) is 4.31 Å². The third-order valence-electron chi connectivity index (χ3n) is 8.16. The van der Waals surface area contributed by atoms with Crippen LogP contribution in [0.1, 0.15) is 70.1 Å². The molecule has 1 aromatic carbocycles. The summed E-state index contributed by atoms with van der Waals surface area (Å²) in [5.41, 5.74) is -1.69. The summed E-state index contributed by atoms with van der Waals surface area (Å²) in [4.78, 5) is 24.3. The third-order valence-corrected chi connectivity index (χ3v) is 10.5. The van der Waals surface area contributed by atoms with Gasteiger partial charge in [0.2, 0.25) is 15.9 Å². The van der Waals surface area contributed by atoms with E-state index in [2.05, 4.69) is 5.32 Å². The van der Waals surface area contributed by atoms with Crippen LogP contribution in [-0.4, -0.2) is 41.7 Å². The average Bonchev–Trinajstić information content (AvgIpc) is 2.71. The van der Waals surface area contributed by atoms with Gasteiger partial charge in [0.05, 0.1) is 4.92 Å². The Morgan fingerprint density at radius 1 is 1.16 bits per heavy atom. The highest BCUT2D eigenvalue weighted by Gasteiger charge is 2.53. The van der Waals surface area contributed by atoms with Gasteiger partial charge in [-0.15, -0.1) is 0 Å². The van der Waals surface area contributed by atoms with Gasteiger partial charge in [-0.05, 0) is 77.0 Å². The molecule has 1 N–H and O–H groups in total. The second-order valence-electron chi connectivity index (χ2n) is 10.7. The van der Waals surface area contributed by atoms with Crippen LogP contribution in [-0.2, 0) is 14.8 Å². The summed E-state index contributed by atoms with van der Waals surface area (Å²) < 4.78 is 28.0. The zero-order chi connectivity index (χ0) is 23.5. The van der Waals surface area contributed by atoms with Crippen molar-refractivity contribution in [2.45, 2.75) is 75.6 Å². The topological polar surface area (TPSA) is 110 Å². The molecule has 1 amide bonds. The van der Waals surface area contributed by atoms with E-state index in [1.54, 1.807) is 19.9 Å². The van der Waals surface area contributed by atoms with Crippen LogP contribution in [0.5, 0.6) is 0 Å². The molecule has 176 valence electrons. The number of rotatable bonds is 7. The summed E-state index contributed by atoms with van der Waals surface area (Å²) in [5, 5.41) is 13.5. The second-order valence-corrected chi connectivity index (χ2v) is 13.0. The van der Waals surface area contributed by atoms with Gasteiger partial charge >= 0.3 is 0 Å². The Morgan fingerprint density at radius 3 is 2.16 bits per heavy atom. The maximum absolute atomic E-state index is 13.4. The highest BCUT2D eigenvalue weighted by molar-refractivity contribution is 7.89. The van der Waals surface area contributed by atoms with Gasteiger partial charge < -0.3 is 5.32 Å². The van der Waals surface area contributed by atoms with Gasteiger partial charge in [0, 0.05) is 24.2 Å². The summed E-state index contributed by atoms with van der Waals surface area (Å²) in [6, 6.07) is 5.84. The van der Waals surface area contributed by atoms with E-state index in [1.807, 2.05) is 0 Å².